The van der Waals surface area contributed by atoms with Crippen molar-refractivity contribution < 1.29 is 14.3 Å². The maximum atomic E-state index is 12.8. The van der Waals surface area contributed by atoms with Crippen LogP contribution in [0.15, 0.2) is 23.5 Å². The molecule has 0 aliphatic carbocycles. The molecule has 0 spiro atoms. The molecule has 2 aromatic rings. The third-order valence-electron chi connectivity index (χ3n) is 5.57. The average Bonchev–Trinajstić information content (AvgIpc) is 3.13. The topological polar surface area (TPSA) is 90.9 Å². The Balaban J connectivity index is 2.02. The van der Waals surface area contributed by atoms with Crippen molar-refractivity contribution in [2.45, 2.75) is 76.8 Å². The second kappa shape index (κ2) is 6.56. The van der Waals surface area contributed by atoms with Gasteiger partial charge in [0.1, 0.15) is 18.5 Å². The van der Waals surface area contributed by atoms with E-state index >= 15 is 0 Å². The van der Waals surface area contributed by atoms with Crippen LogP contribution in [0.25, 0.3) is 5.65 Å². The SMILES string of the molecule is CC[C@H]1O[C@@H](n2cnn3ccnc3c2=O)[C@H](O[Si](C)(C)C(C)(C)C)[C@@H]1O. The largest absolute Gasteiger partial charge is 0.407 e. The minimum Gasteiger partial charge on any atom is -0.407 e. The molecule has 1 saturated heterocycles. The highest BCUT2D eigenvalue weighted by Gasteiger charge is 2.50. The third kappa shape index (κ3) is 3.13. The first-order chi connectivity index (χ1) is 12.1. The molecule has 9 heteroatoms. The van der Waals surface area contributed by atoms with Crippen LogP contribution in [0.3, 0.4) is 0 Å². The summed E-state index contributed by atoms with van der Waals surface area (Å²) in [5, 5.41) is 15.0. The highest BCUT2D eigenvalue weighted by Crippen LogP contribution is 2.41. The summed E-state index contributed by atoms with van der Waals surface area (Å²) in [4.78, 5) is 16.9. The van der Waals surface area contributed by atoms with E-state index < -0.39 is 32.9 Å². The molecule has 1 aliphatic rings. The molecular formula is C17H28N4O4Si. The monoisotopic (exact) mass is 380 g/mol. The molecule has 1 N–H and O–H groups in total. The molecule has 0 aromatic carbocycles. The molecule has 1 fully saturated rings. The number of nitrogens with zero attached hydrogens (tertiary/aromatic N) is 4. The molecule has 2 aromatic heterocycles. The van der Waals surface area contributed by atoms with Crippen molar-refractivity contribution >= 4 is 14.0 Å². The fourth-order valence-electron chi connectivity index (χ4n) is 2.93. The van der Waals surface area contributed by atoms with Gasteiger partial charge in [0.15, 0.2) is 14.5 Å². The second-order valence-corrected chi connectivity index (χ2v) is 13.1. The van der Waals surface area contributed by atoms with Crippen LogP contribution < -0.4 is 5.56 Å². The van der Waals surface area contributed by atoms with Crippen LogP contribution in [0.4, 0.5) is 0 Å². The second-order valence-electron chi connectivity index (χ2n) is 8.35. The summed E-state index contributed by atoms with van der Waals surface area (Å²) in [7, 11) is -2.18. The van der Waals surface area contributed by atoms with E-state index in [4.69, 9.17) is 9.16 Å². The fraction of sp³-hybridized carbons (Fsp3) is 0.706. The van der Waals surface area contributed by atoms with Crippen molar-refractivity contribution in [1.29, 1.82) is 0 Å². The van der Waals surface area contributed by atoms with E-state index in [0.29, 0.717) is 6.42 Å². The quantitative estimate of drug-likeness (QED) is 0.815. The number of imidazole rings is 1. The van der Waals surface area contributed by atoms with Gasteiger partial charge in [-0.25, -0.2) is 9.50 Å². The molecule has 144 valence electrons. The maximum Gasteiger partial charge on any atom is 0.299 e. The summed E-state index contributed by atoms with van der Waals surface area (Å²) in [6, 6.07) is 0. The summed E-state index contributed by atoms with van der Waals surface area (Å²) >= 11 is 0. The molecule has 0 saturated carbocycles. The number of aliphatic hydroxyl groups is 1. The molecular weight excluding hydrogens is 352 g/mol. The lowest BCUT2D eigenvalue weighted by atomic mass is 10.1. The van der Waals surface area contributed by atoms with Crippen molar-refractivity contribution in [3.63, 3.8) is 0 Å². The highest BCUT2D eigenvalue weighted by molar-refractivity contribution is 6.74. The van der Waals surface area contributed by atoms with Gasteiger partial charge >= 0.3 is 0 Å². The van der Waals surface area contributed by atoms with E-state index in [1.165, 1.54) is 21.6 Å². The lowest BCUT2D eigenvalue weighted by Gasteiger charge is -2.40. The van der Waals surface area contributed by atoms with Crippen molar-refractivity contribution in [3.8, 4) is 0 Å². The average molecular weight is 381 g/mol. The number of ether oxygens (including phenoxy) is 1. The van der Waals surface area contributed by atoms with E-state index in [2.05, 4.69) is 43.9 Å². The Morgan fingerprint density at radius 3 is 2.69 bits per heavy atom. The van der Waals surface area contributed by atoms with Crippen LogP contribution in [-0.4, -0.2) is 50.9 Å². The minimum absolute atomic E-state index is 0.0299. The zero-order valence-corrected chi connectivity index (χ0v) is 17.2. The zero-order chi connectivity index (χ0) is 19.3. The maximum absolute atomic E-state index is 12.8. The van der Waals surface area contributed by atoms with E-state index in [1.807, 2.05) is 6.92 Å². The molecule has 0 bridgehead atoms. The zero-order valence-electron chi connectivity index (χ0n) is 16.2. The van der Waals surface area contributed by atoms with Crippen LogP contribution in [0.5, 0.6) is 0 Å². The summed E-state index contributed by atoms with van der Waals surface area (Å²) in [5.74, 6) is 0. The summed E-state index contributed by atoms with van der Waals surface area (Å²) in [5.41, 5.74) is -0.0978. The van der Waals surface area contributed by atoms with Crippen molar-refractivity contribution in [1.82, 2.24) is 19.2 Å². The van der Waals surface area contributed by atoms with Crippen LogP contribution in [-0.2, 0) is 9.16 Å². The predicted octanol–water partition coefficient (Wildman–Crippen LogP) is 1.95. The number of aliphatic hydroxyl groups excluding tert-OH is 1. The Bertz CT molecular complexity index is 841. The van der Waals surface area contributed by atoms with E-state index in [9.17, 15) is 9.90 Å². The van der Waals surface area contributed by atoms with Gasteiger partial charge in [0.05, 0.1) is 6.10 Å². The third-order valence-corrected chi connectivity index (χ3v) is 10.0. The van der Waals surface area contributed by atoms with E-state index in [0.717, 1.165) is 0 Å². The number of fused-ring (bicyclic) bond motifs is 1. The van der Waals surface area contributed by atoms with Gasteiger partial charge in [-0.3, -0.25) is 9.36 Å². The fourth-order valence-corrected chi connectivity index (χ4v) is 4.22. The number of aromatic nitrogens is 4. The molecule has 3 heterocycles. The van der Waals surface area contributed by atoms with Crippen molar-refractivity contribution in [3.05, 3.63) is 29.1 Å². The Morgan fingerprint density at radius 1 is 1.38 bits per heavy atom. The Labute approximate surface area is 153 Å². The lowest BCUT2D eigenvalue weighted by molar-refractivity contribution is -0.0372. The van der Waals surface area contributed by atoms with Crippen LogP contribution in [0, 0.1) is 0 Å². The van der Waals surface area contributed by atoms with Crippen molar-refractivity contribution in [2.75, 3.05) is 0 Å². The normalized spacial score (nSPS) is 27.3. The van der Waals surface area contributed by atoms with Gasteiger partial charge in [0, 0.05) is 12.4 Å². The van der Waals surface area contributed by atoms with Crippen LogP contribution in [0.2, 0.25) is 18.1 Å². The molecule has 26 heavy (non-hydrogen) atoms. The Hall–Kier alpha value is -1.55. The number of hydrogen-bond acceptors (Lipinski definition) is 6. The molecule has 4 atom stereocenters. The van der Waals surface area contributed by atoms with Gasteiger partial charge in [0.25, 0.3) is 5.56 Å². The van der Waals surface area contributed by atoms with Gasteiger partial charge in [-0.2, -0.15) is 5.10 Å². The van der Waals surface area contributed by atoms with Gasteiger partial charge in [0.2, 0.25) is 5.65 Å². The first-order valence-corrected chi connectivity index (χ1v) is 11.9. The molecule has 3 rings (SSSR count). The summed E-state index contributed by atoms with van der Waals surface area (Å²) in [6.45, 7) is 12.6. The molecule has 0 radical (unpaired) electrons. The van der Waals surface area contributed by atoms with Gasteiger partial charge in [-0.05, 0) is 24.6 Å². The van der Waals surface area contributed by atoms with E-state index in [1.54, 1.807) is 6.20 Å². The first kappa shape index (κ1) is 19.2. The van der Waals surface area contributed by atoms with Crippen LogP contribution in [0.1, 0.15) is 40.3 Å². The highest BCUT2D eigenvalue weighted by atomic mass is 28.4. The van der Waals surface area contributed by atoms with Gasteiger partial charge in [-0.15, -0.1) is 0 Å². The Morgan fingerprint density at radius 2 is 2.08 bits per heavy atom. The predicted molar refractivity (Wildman–Crippen MR) is 99.5 cm³/mol. The van der Waals surface area contributed by atoms with Crippen LogP contribution >= 0.6 is 0 Å². The number of hydrogen-bond donors (Lipinski definition) is 1. The first-order valence-electron chi connectivity index (χ1n) is 8.98. The van der Waals surface area contributed by atoms with Gasteiger partial charge < -0.3 is 14.3 Å². The Kier molecular flexibility index (Phi) is 4.85. The lowest BCUT2D eigenvalue weighted by Crippen LogP contribution is -2.49. The molecule has 1 aliphatic heterocycles. The molecule has 0 unspecified atom stereocenters. The smallest absolute Gasteiger partial charge is 0.299 e. The minimum atomic E-state index is -2.18. The van der Waals surface area contributed by atoms with Crippen molar-refractivity contribution in [2.24, 2.45) is 0 Å². The molecule has 0 amide bonds. The molecule has 8 nitrogen and oxygen atoms in total. The standard InChI is InChI=1S/C17H28N4O4Si/c1-7-11-12(22)13(25-26(5,6)17(2,3)4)16(24-11)20-10-19-21-9-8-18-14(21)15(20)23/h8-13,16,22H,7H2,1-6H3/t11-,12-,13-,16-/m1/s1. The summed E-state index contributed by atoms with van der Waals surface area (Å²) < 4.78 is 15.3. The van der Waals surface area contributed by atoms with Gasteiger partial charge in [-0.1, -0.05) is 27.7 Å². The summed E-state index contributed by atoms with van der Waals surface area (Å²) in [6.07, 6.45) is 2.64. The number of rotatable bonds is 4. The van der Waals surface area contributed by atoms with E-state index in [-0.39, 0.29) is 16.2 Å².